The fourth-order valence-corrected chi connectivity index (χ4v) is 1.77. The van der Waals surface area contributed by atoms with Gasteiger partial charge < -0.3 is 5.32 Å². The molecule has 1 N–H and O–H groups in total. The Morgan fingerprint density at radius 2 is 2.00 bits per heavy atom. The molecular formula is C15H24N2O. The van der Waals surface area contributed by atoms with Crippen molar-refractivity contribution in [2.45, 2.75) is 53.0 Å². The minimum atomic E-state index is 0.0805. The van der Waals surface area contributed by atoms with Crippen molar-refractivity contribution in [1.82, 2.24) is 10.3 Å². The first-order chi connectivity index (χ1) is 8.47. The molecule has 0 aliphatic rings. The number of nitrogens with zero attached hydrogens (tertiary/aromatic N) is 1. The molecule has 0 saturated carbocycles. The standard InChI is InChI=1S/C15H24N2O/c1-11(2)5-6-13(4)17-15(18)9-14-8-7-12(3)16-10-14/h7-8,10-11,13H,5-6,9H2,1-4H3,(H,17,18). The third-order valence-electron chi connectivity index (χ3n) is 2.92. The van der Waals surface area contributed by atoms with Crippen molar-refractivity contribution in [1.29, 1.82) is 0 Å². The summed E-state index contributed by atoms with van der Waals surface area (Å²) in [6.45, 7) is 8.41. The molecule has 1 aromatic rings. The van der Waals surface area contributed by atoms with E-state index in [9.17, 15) is 4.79 Å². The van der Waals surface area contributed by atoms with E-state index in [0.29, 0.717) is 12.3 Å². The molecule has 3 heteroatoms. The molecular weight excluding hydrogens is 224 g/mol. The predicted molar refractivity (Wildman–Crippen MR) is 74.4 cm³/mol. The number of pyridine rings is 1. The maximum Gasteiger partial charge on any atom is 0.224 e. The summed E-state index contributed by atoms with van der Waals surface area (Å²) in [7, 11) is 0. The summed E-state index contributed by atoms with van der Waals surface area (Å²) in [5.41, 5.74) is 1.94. The zero-order valence-electron chi connectivity index (χ0n) is 11.9. The van der Waals surface area contributed by atoms with Crippen LogP contribution in [0.2, 0.25) is 0 Å². The number of amides is 1. The number of carbonyl (C=O) groups is 1. The summed E-state index contributed by atoms with van der Waals surface area (Å²) in [6, 6.07) is 4.14. The maximum absolute atomic E-state index is 11.8. The fourth-order valence-electron chi connectivity index (χ4n) is 1.77. The largest absolute Gasteiger partial charge is 0.353 e. The van der Waals surface area contributed by atoms with Gasteiger partial charge >= 0.3 is 0 Å². The van der Waals surface area contributed by atoms with Crippen LogP contribution in [-0.2, 0) is 11.2 Å². The molecule has 1 rings (SSSR count). The van der Waals surface area contributed by atoms with Crippen LogP contribution in [0, 0.1) is 12.8 Å². The van der Waals surface area contributed by atoms with Gasteiger partial charge in [0.25, 0.3) is 0 Å². The van der Waals surface area contributed by atoms with Crippen molar-refractivity contribution in [2.24, 2.45) is 5.92 Å². The monoisotopic (exact) mass is 248 g/mol. The highest BCUT2D eigenvalue weighted by Gasteiger charge is 2.09. The van der Waals surface area contributed by atoms with Gasteiger partial charge in [0.1, 0.15) is 0 Å². The second-order valence-corrected chi connectivity index (χ2v) is 5.42. The molecule has 3 nitrogen and oxygen atoms in total. The average Bonchev–Trinajstić information content (AvgIpc) is 2.29. The van der Waals surface area contributed by atoms with Gasteiger partial charge in [-0.2, -0.15) is 0 Å². The van der Waals surface area contributed by atoms with E-state index < -0.39 is 0 Å². The molecule has 1 amide bonds. The van der Waals surface area contributed by atoms with E-state index >= 15 is 0 Å². The highest BCUT2D eigenvalue weighted by Crippen LogP contribution is 2.07. The van der Waals surface area contributed by atoms with Crippen LogP contribution in [-0.4, -0.2) is 16.9 Å². The lowest BCUT2D eigenvalue weighted by molar-refractivity contribution is -0.121. The summed E-state index contributed by atoms with van der Waals surface area (Å²) in [4.78, 5) is 16.0. The van der Waals surface area contributed by atoms with E-state index in [1.165, 1.54) is 0 Å². The smallest absolute Gasteiger partial charge is 0.224 e. The lowest BCUT2D eigenvalue weighted by Gasteiger charge is -2.15. The molecule has 0 aliphatic carbocycles. The Morgan fingerprint density at radius 3 is 2.56 bits per heavy atom. The Hall–Kier alpha value is -1.38. The van der Waals surface area contributed by atoms with Gasteiger partial charge in [0.2, 0.25) is 5.91 Å². The lowest BCUT2D eigenvalue weighted by atomic mass is 10.0. The van der Waals surface area contributed by atoms with Crippen LogP contribution >= 0.6 is 0 Å². The second kappa shape index (κ2) is 7.14. The molecule has 1 unspecified atom stereocenters. The van der Waals surface area contributed by atoms with Crippen LogP contribution in [0.3, 0.4) is 0 Å². The van der Waals surface area contributed by atoms with Gasteiger partial charge in [0, 0.05) is 17.9 Å². The van der Waals surface area contributed by atoms with Crippen LogP contribution in [0.25, 0.3) is 0 Å². The normalized spacial score (nSPS) is 12.5. The number of carbonyl (C=O) groups excluding carboxylic acids is 1. The number of aryl methyl sites for hydroxylation is 1. The van der Waals surface area contributed by atoms with Crippen LogP contribution in [0.15, 0.2) is 18.3 Å². The predicted octanol–water partition coefficient (Wildman–Crippen LogP) is 2.87. The van der Waals surface area contributed by atoms with Gasteiger partial charge in [-0.15, -0.1) is 0 Å². The third-order valence-corrected chi connectivity index (χ3v) is 2.92. The van der Waals surface area contributed by atoms with Crippen molar-refractivity contribution in [3.63, 3.8) is 0 Å². The molecule has 1 heterocycles. The number of nitrogens with one attached hydrogen (secondary N) is 1. The van der Waals surface area contributed by atoms with E-state index in [1.54, 1.807) is 6.20 Å². The van der Waals surface area contributed by atoms with E-state index in [0.717, 1.165) is 24.1 Å². The fraction of sp³-hybridized carbons (Fsp3) is 0.600. The minimum absolute atomic E-state index is 0.0805. The van der Waals surface area contributed by atoms with Crippen molar-refractivity contribution in [3.8, 4) is 0 Å². The van der Waals surface area contributed by atoms with Crippen molar-refractivity contribution >= 4 is 5.91 Å². The van der Waals surface area contributed by atoms with Gasteiger partial charge in [0.15, 0.2) is 0 Å². The van der Waals surface area contributed by atoms with Gasteiger partial charge in [-0.25, -0.2) is 0 Å². The maximum atomic E-state index is 11.8. The van der Waals surface area contributed by atoms with Crippen LogP contribution in [0.5, 0.6) is 0 Å². The molecule has 18 heavy (non-hydrogen) atoms. The number of rotatable bonds is 6. The molecule has 0 spiro atoms. The molecule has 100 valence electrons. The summed E-state index contributed by atoms with van der Waals surface area (Å²) < 4.78 is 0. The number of hydrogen-bond donors (Lipinski definition) is 1. The van der Waals surface area contributed by atoms with E-state index in [-0.39, 0.29) is 11.9 Å². The quantitative estimate of drug-likeness (QED) is 0.841. The zero-order valence-corrected chi connectivity index (χ0v) is 11.9. The van der Waals surface area contributed by atoms with Crippen LogP contribution in [0.4, 0.5) is 0 Å². The van der Waals surface area contributed by atoms with Crippen molar-refractivity contribution in [3.05, 3.63) is 29.6 Å². The Bertz CT molecular complexity index is 371. The lowest BCUT2D eigenvalue weighted by Crippen LogP contribution is -2.33. The minimum Gasteiger partial charge on any atom is -0.353 e. The van der Waals surface area contributed by atoms with Crippen molar-refractivity contribution in [2.75, 3.05) is 0 Å². The molecule has 0 saturated heterocycles. The summed E-state index contributed by atoms with van der Waals surface area (Å²) in [5.74, 6) is 0.766. The summed E-state index contributed by atoms with van der Waals surface area (Å²) in [6.07, 6.45) is 4.37. The summed E-state index contributed by atoms with van der Waals surface area (Å²) >= 11 is 0. The van der Waals surface area contributed by atoms with E-state index in [4.69, 9.17) is 0 Å². The Kier molecular flexibility index (Phi) is 5.83. The van der Waals surface area contributed by atoms with Gasteiger partial charge in [-0.3, -0.25) is 9.78 Å². The van der Waals surface area contributed by atoms with Crippen molar-refractivity contribution < 1.29 is 4.79 Å². The highest BCUT2D eigenvalue weighted by molar-refractivity contribution is 5.78. The molecule has 0 radical (unpaired) electrons. The van der Waals surface area contributed by atoms with Gasteiger partial charge in [-0.1, -0.05) is 19.9 Å². The van der Waals surface area contributed by atoms with Crippen LogP contribution in [0.1, 0.15) is 44.9 Å². The zero-order chi connectivity index (χ0) is 13.5. The molecule has 0 aliphatic heterocycles. The molecule has 1 atom stereocenters. The average molecular weight is 248 g/mol. The van der Waals surface area contributed by atoms with Crippen LogP contribution < -0.4 is 5.32 Å². The molecule has 0 fully saturated rings. The first-order valence-corrected chi connectivity index (χ1v) is 6.68. The van der Waals surface area contributed by atoms with Gasteiger partial charge in [0.05, 0.1) is 6.42 Å². The highest BCUT2D eigenvalue weighted by atomic mass is 16.1. The molecule has 0 bridgehead atoms. The van der Waals surface area contributed by atoms with E-state index in [1.807, 2.05) is 19.1 Å². The number of hydrogen-bond acceptors (Lipinski definition) is 2. The van der Waals surface area contributed by atoms with E-state index in [2.05, 4.69) is 31.1 Å². The summed E-state index contributed by atoms with van der Waals surface area (Å²) in [5, 5.41) is 3.03. The first kappa shape index (κ1) is 14.7. The number of aromatic nitrogens is 1. The Labute approximate surface area is 110 Å². The van der Waals surface area contributed by atoms with Gasteiger partial charge in [-0.05, 0) is 44.2 Å². The topological polar surface area (TPSA) is 42.0 Å². The Balaban J connectivity index is 2.34. The SMILES string of the molecule is Cc1ccc(CC(=O)NC(C)CCC(C)C)cn1. The second-order valence-electron chi connectivity index (χ2n) is 5.42. The Morgan fingerprint density at radius 1 is 1.28 bits per heavy atom. The first-order valence-electron chi connectivity index (χ1n) is 6.68. The molecule has 1 aromatic heterocycles. The molecule has 0 aromatic carbocycles. The third kappa shape index (κ3) is 5.80.